The normalized spacial score (nSPS) is 10.9. The van der Waals surface area contributed by atoms with Gasteiger partial charge in [0.25, 0.3) is 5.91 Å². The van der Waals surface area contributed by atoms with E-state index in [0.717, 1.165) is 11.3 Å². The standard InChI is InChI=1S/C19H21N5O/c1-12(2)14-6-8-15(9-7-14)21-19(25)17-18(20)24(23-22-17)16-10-4-13(3)5-11-16/h4-12H,20H2,1-3H3,(H,21,25). The van der Waals surface area contributed by atoms with Crippen LogP contribution in [0.1, 0.15) is 41.4 Å². The van der Waals surface area contributed by atoms with Gasteiger partial charge in [-0.3, -0.25) is 4.79 Å². The van der Waals surface area contributed by atoms with Gasteiger partial charge >= 0.3 is 0 Å². The van der Waals surface area contributed by atoms with Gasteiger partial charge in [-0.1, -0.05) is 48.9 Å². The van der Waals surface area contributed by atoms with E-state index in [1.807, 2.05) is 55.5 Å². The van der Waals surface area contributed by atoms with Gasteiger partial charge in [-0.25, -0.2) is 0 Å². The molecule has 1 amide bonds. The first kappa shape index (κ1) is 16.7. The predicted octanol–water partition coefficient (Wildman–Crippen LogP) is 3.53. The molecule has 25 heavy (non-hydrogen) atoms. The van der Waals surface area contributed by atoms with Crippen molar-refractivity contribution in [1.29, 1.82) is 0 Å². The van der Waals surface area contributed by atoms with Gasteiger partial charge in [0.2, 0.25) is 0 Å². The molecule has 0 aliphatic heterocycles. The molecule has 3 aromatic rings. The summed E-state index contributed by atoms with van der Waals surface area (Å²) in [4.78, 5) is 12.4. The molecule has 0 fully saturated rings. The molecule has 128 valence electrons. The van der Waals surface area contributed by atoms with E-state index in [-0.39, 0.29) is 17.4 Å². The zero-order valence-electron chi connectivity index (χ0n) is 14.5. The number of rotatable bonds is 4. The lowest BCUT2D eigenvalue weighted by Crippen LogP contribution is -2.15. The SMILES string of the molecule is Cc1ccc(-n2nnc(C(=O)Nc3ccc(C(C)C)cc3)c2N)cc1. The van der Waals surface area contributed by atoms with Crippen molar-refractivity contribution in [2.45, 2.75) is 26.7 Å². The maximum absolute atomic E-state index is 12.4. The number of aryl methyl sites for hydroxylation is 1. The molecular weight excluding hydrogens is 314 g/mol. The Hall–Kier alpha value is -3.15. The molecule has 0 spiro atoms. The van der Waals surface area contributed by atoms with Crippen LogP contribution in [0.4, 0.5) is 11.5 Å². The molecule has 2 aromatic carbocycles. The summed E-state index contributed by atoms with van der Waals surface area (Å²) < 4.78 is 1.45. The summed E-state index contributed by atoms with van der Waals surface area (Å²) in [6.45, 7) is 6.24. The maximum atomic E-state index is 12.4. The Labute approximate surface area is 146 Å². The maximum Gasteiger partial charge on any atom is 0.280 e. The van der Waals surface area contributed by atoms with E-state index in [0.29, 0.717) is 11.6 Å². The highest BCUT2D eigenvalue weighted by molar-refractivity contribution is 6.05. The van der Waals surface area contributed by atoms with Gasteiger partial charge in [-0.2, -0.15) is 4.68 Å². The molecule has 3 rings (SSSR count). The first-order valence-electron chi connectivity index (χ1n) is 8.15. The molecule has 6 nitrogen and oxygen atoms in total. The van der Waals surface area contributed by atoms with Crippen LogP contribution < -0.4 is 11.1 Å². The quantitative estimate of drug-likeness (QED) is 0.763. The lowest BCUT2D eigenvalue weighted by molar-refractivity contribution is 0.102. The second-order valence-electron chi connectivity index (χ2n) is 6.30. The highest BCUT2D eigenvalue weighted by Gasteiger charge is 2.18. The molecule has 0 aliphatic rings. The molecule has 0 saturated heterocycles. The van der Waals surface area contributed by atoms with Crippen molar-refractivity contribution in [2.75, 3.05) is 11.1 Å². The number of carbonyl (C=O) groups is 1. The number of hydrogen-bond donors (Lipinski definition) is 2. The third-order valence-electron chi connectivity index (χ3n) is 4.03. The zero-order chi connectivity index (χ0) is 18.0. The van der Waals surface area contributed by atoms with Crippen molar-refractivity contribution in [3.05, 3.63) is 65.4 Å². The largest absolute Gasteiger partial charge is 0.382 e. The van der Waals surface area contributed by atoms with Crippen molar-refractivity contribution in [2.24, 2.45) is 0 Å². The Kier molecular flexibility index (Phi) is 4.52. The Morgan fingerprint density at radius 2 is 1.72 bits per heavy atom. The highest BCUT2D eigenvalue weighted by atomic mass is 16.2. The average Bonchev–Trinajstić information content (AvgIpc) is 2.98. The highest BCUT2D eigenvalue weighted by Crippen LogP contribution is 2.19. The van der Waals surface area contributed by atoms with Crippen molar-refractivity contribution in [3.63, 3.8) is 0 Å². The van der Waals surface area contributed by atoms with Gasteiger partial charge in [0.15, 0.2) is 11.5 Å². The van der Waals surface area contributed by atoms with Gasteiger partial charge in [-0.05, 0) is 42.7 Å². The molecular formula is C19H21N5O. The van der Waals surface area contributed by atoms with Crippen LogP contribution in [0.2, 0.25) is 0 Å². The van der Waals surface area contributed by atoms with E-state index in [4.69, 9.17) is 5.73 Å². The van der Waals surface area contributed by atoms with E-state index < -0.39 is 0 Å². The number of nitrogens with zero attached hydrogens (tertiary/aromatic N) is 3. The Morgan fingerprint density at radius 3 is 2.32 bits per heavy atom. The summed E-state index contributed by atoms with van der Waals surface area (Å²) >= 11 is 0. The number of amides is 1. The summed E-state index contributed by atoms with van der Waals surface area (Å²) in [5, 5.41) is 10.7. The van der Waals surface area contributed by atoms with Crippen LogP contribution in [0.25, 0.3) is 5.69 Å². The van der Waals surface area contributed by atoms with Gasteiger partial charge < -0.3 is 11.1 Å². The predicted molar refractivity (Wildman–Crippen MR) is 99.0 cm³/mol. The topological polar surface area (TPSA) is 85.8 Å². The second kappa shape index (κ2) is 6.76. The molecule has 1 heterocycles. The fourth-order valence-electron chi connectivity index (χ4n) is 2.47. The van der Waals surface area contributed by atoms with Crippen LogP contribution in [-0.4, -0.2) is 20.9 Å². The average molecular weight is 335 g/mol. The van der Waals surface area contributed by atoms with E-state index in [2.05, 4.69) is 29.5 Å². The van der Waals surface area contributed by atoms with Crippen molar-refractivity contribution < 1.29 is 4.79 Å². The molecule has 0 bridgehead atoms. The van der Waals surface area contributed by atoms with Crippen LogP contribution in [0, 0.1) is 6.92 Å². The molecule has 0 unspecified atom stereocenters. The molecule has 1 aromatic heterocycles. The van der Waals surface area contributed by atoms with Crippen molar-refractivity contribution in [1.82, 2.24) is 15.0 Å². The molecule has 3 N–H and O–H groups in total. The first-order chi connectivity index (χ1) is 12.0. The Morgan fingerprint density at radius 1 is 1.08 bits per heavy atom. The minimum atomic E-state index is -0.381. The summed E-state index contributed by atoms with van der Waals surface area (Å²) in [5.41, 5.74) is 9.97. The van der Waals surface area contributed by atoms with Gasteiger partial charge in [0.1, 0.15) is 0 Å². The Bertz CT molecular complexity index is 879. The zero-order valence-corrected chi connectivity index (χ0v) is 14.5. The summed E-state index contributed by atoms with van der Waals surface area (Å²) in [5.74, 6) is 0.267. The number of anilines is 2. The minimum absolute atomic E-state index is 0.105. The smallest absolute Gasteiger partial charge is 0.280 e. The van der Waals surface area contributed by atoms with Gasteiger partial charge in [0.05, 0.1) is 5.69 Å². The van der Waals surface area contributed by atoms with E-state index in [1.54, 1.807) is 0 Å². The monoisotopic (exact) mass is 335 g/mol. The molecule has 6 heteroatoms. The van der Waals surface area contributed by atoms with Crippen LogP contribution in [0.3, 0.4) is 0 Å². The molecule has 0 saturated carbocycles. The number of aromatic nitrogens is 3. The van der Waals surface area contributed by atoms with Crippen LogP contribution >= 0.6 is 0 Å². The van der Waals surface area contributed by atoms with E-state index in [9.17, 15) is 4.79 Å². The van der Waals surface area contributed by atoms with Crippen molar-refractivity contribution in [3.8, 4) is 5.69 Å². The fraction of sp³-hybridized carbons (Fsp3) is 0.211. The van der Waals surface area contributed by atoms with E-state index in [1.165, 1.54) is 10.2 Å². The fourth-order valence-corrected chi connectivity index (χ4v) is 2.47. The molecule has 0 atom stereocenters. The summed E-state index contributed by atoms with van der Waals surface area (Å²) in [6.07, 6.45) is 0. The number of carbonyl (C=O) groups excluding carboxylic acids is 1. The second-order valence-corrected chi connectivity index (χ2v) is 6.30. The molecule has 0 aliphatic carbocycles. The first-order valence-corrected chi connectivity index (χ1v) is 8.15. The van der Waals surface area contributed by atoms with Gasteiger partial charge in [-0.15, -0.1) is 5.10 Å². The number of benzene rings is 2. The number of hydrogen-bond acceptors (Lipinski definition) is 4. The van der Waals surface area contributed by atoms with Crippen LogP contribution in [0.15, 0.2) is 48.5 Å². The summed E-state index contributed by atoms with van der Waals surface area (Å²) in [7, 11) is 0. The lowest BCUT2D eigenvalue weighted by Gasteiger charge is -2.08. The number of nitrogen functional groups attached to an aromatic ring is 1. The summed E-state index contributed by atoms with van der Waals surface area (Å²) in [6, 6.07) is 15.4. The van der Waals surface area contributed by atoms with Gasteiger partial charge in [0, 0.05) is 5.69 Å². The Balaban J connectivity index is 1.80. The number of nitrogens with one attached hydrogen (secondary N) is 1. The van der Waals surface area contributed by atoms with E-state index >= 15 is 0 Å². The number of nitrogens with two attached hydrogens (primary N) is 1. The lowest BCUT2D eigenvalue weighted by atomic mass is 10.0. The molecule has 0 radical (unpaired) electrons. The van der Waals surface area contributed by atoms with Crippen LogP contribution in [0.5, 0.6) is 0 Å². The van der Waals surface area contributed by atoms with Crippen molar-refractivity contribution >= 4 is 17.4 Å². The van der Waals surface area contributed by atoms with Crippen LogP contribution in [-0.2, 0) is 0 Å². The minimum Gasteiger partial charge on any atom is -0.382 e. The third-order valence-corrected chi connectivity index (χ3v) is 4.03. The third kappa shape index (κ3) is 3.52.